The van der Waals surface area contributed by atoms with Gasteiger partial charge in [-0.1, -0.05) is 26.0 Å². The summed E-state index contributed by atoms with van der Waals surface area (Å²) < 4.78 is 5.35. The lowest BCUT2D eigenvalue weighted by Gasteiger charge is -2.22. The van der Waals surface area contributed by atoms with Gasteiger partial charge >= 0.3 is 5.97 Å². The van der Waals surface area contributed by atoms with Gasteiger partial charge in [0, 0.05) is 6.04 Å². The fraction of sp³-hybridized carbons (Fsp3) is 0.556. The average molecular weight is 352 g/mol. The summed E-state index contributed by atoms with van der Waals surface area (Å²) in [5, 5.41) is 21.6. The maximum atomic E-state index is 12.1. The molecule has 0 radical (unpaired) electrons. The summed E-state index contributed by atoms with van der Waals surface area (Å²) in [4.78, 5) is 23.3. The second kappa shape index (κ2) is 10.0. The van der Waals surface area contributed by atoms with Crippen molar-refractivity contribution in [1.29, 1.82) is 0 Å². The fourth-order valence-electron chi connectivity index (χ4n) is 2.42. The summed E-state index contributed by atoms with van der Waals surface area (Å²) in [7, 11) is 0. The van der Waals surface area contributed by atoms with Gasteiger partial charge in [0.2, 0.25) is 0 Å². The van der Waals surface area contributed by atoms with Crippen LogP contribution in [0.1, 0.15) is 32.8 Å². The van der Waals surface area contributed by atoms with Crippen LogP contribution >= 0.6 is 0 Å². The second-order valence-electron chi connectivity index (χ2n) is 6.42. The molecule has 0 aliphatic rings. The Labute approximate surface area is 148 Å². The van der Waals surface area contributed by atoms with Crippen LogP contribution in [0, 0.1) is 5.92 Å². The lowest BCUT2D eigenvalue weighted by molar-refractivity contribution is -0.144. The maximum absolute atomic E-state index is 12.1. The van der Waals surface area contributed by atoms with Crippen LogP contribution in [0.2, 0.25) is 0 Å². The highest BCUT2D eigenvalue weighted by atomic mass is 16.5. The van der Waals surface area contributed by atoms with E-state index in [9.17, 15) is 14.7 Å². The van der Waals surface area contributed by atoms with Crippen LogP contribution in [-0.4, -0.2) is 46.9 Å². The molecule has 0 saturated carbocycles. The molecule has 1 aromatic carbocycles. The minimum Gasteiger partial charge on any atom is -0.494 e. The number of carbonyl (C=O) groups is 2. The summed E-state index contributed by atoms with van der Waals surface area (Å²) >= 11 is 0. The molecule has 0 aromatic heterocycles. The molecule has 0 aliphatic carbocycles. The highest BCUT2D eigenvalue weighted by Gasteiger charge is 2.28. The quantitative estimate of drug-likeness (QED) is 0.497. The van der Waals surface area contributed by atoms with Crippen LogP contribution in [0.25, 0.3) is 0 Å². The van der Waals surface area contributed by atoms with Crippen molar-refractivity contribution in [3.8, 4) is 5.75 Å². The van der Waals surface area contributed by atoms with Gasteiger partial charge < -0.3 is 26.0 Å². The number of hydrogen-bond donors (Lipinski definition) is 4. The van der Waals surface area contributed by atoms with Crippen molar-refractivity contribution < 1.29 is 24.5 Å². The number of aliphatic hydroxyl groups is 1. The van der Waals surface area contributed by atoms with Crippen LogP contribution in [-0.2, 0) is 16.0 Å². The first-order chi connectivity index (χ1) is 11.7. The molecule has 25 heavy (non-hydrogen) atoms. The van der Waals surface area contributed by atoms with E-state index in [4.69, 9.17) is 15.6 Å². The van der Waals surface area contributed by atoms with Gasteiger partial charge in [-0.15, -0.1) is 0 Å². The molecule has 7 nitrogen and oxygen atoms in total. The zero-order chi connectivity index (χ0) is 19.0. The van der Waals surface area contributed by atoms with E-state index >= 15 is 0 Å². The third kappa shape index (κ3) is 7.11. The Balaban J connectivity index is 2.62. The van der Waals surface area contributed by atoms with Gasteiger partial charge in [0.05, 0.1) is 6.61 Å². The largest absolute Gasteiger partial charge is 0.494 e. The van der Waals surface area contributed by atoms with E-state index < -0.39 is 30.1 Å². The molecular weight excluding hydrogens is 324 g/mol. The summed E-state index contributed by atoms with van der Waals surface area (Å²) in [6.07, 6.45) is -0.925. The maximum Gasteiger partial charge on any atom is 0.326 e. The number of ether oxygens (including phenoxy) is 1. The molecule has 7 heteroatoms. The summed E-state index contributed by atoms with van der Waals surface area (Å²) in [6, 6.07) is 5.33. The number of benzene rings is 1. The van der Waals surface area contributed by atoms with Gasteiger partial charge in [0.15, 0.2) is 0 Å². The topological polar surface area (TPSA) is 122 Å². The number of carboxylic acids is 1. The molecule has 0 saturated heterocycles. The zero-order valence-corrected chi connectivity index (χ0v) is 14.9. The summed E-state index contributed by atoms with van der Waals surface area (Å²) in [5.74, 6) is -1.08. The van der Waals surface area contributed by atoms with Crippen molar-refractivity contribution in [2.75, 3.05) is 6.61 Å². The Morgan fingerprint density at radius 1 is 1.24 bits per heavy atom. The summed E-state index contributed by atoms with van der Waals surface area (Å²) in [6.45, 7) is 6.17. The Morgan fingerprint density at radius 2 is 1.84 bits per heavy atom. The van der Waals surface area contributed by atoms with Gasteiger partial charge in [-0.3, -0.25) is 4.79 Å². The number of amides is 1. The molecule has 140 valence electrons. The number of carbonyl (C=O) groups excluding carboxylic acids is 1. The van der Waals surface area contributed by atoms with Crippen LogP contribution in [0.5, 0.6) is 5.75 Å². The van der Waals surface area contributed by atoms with E-state index in [1.807, 2.05) is 32.9 Å². The van der Waals surface area contributed by atoms with E-state index in [1.165, 1.54) is 0 Å². The Bertz CT molecular complexity index is 559. The molecule has 3 atom stereocenters. The third-order valence-corrected chi connectivity index (χ3v) is 3.70. The Kier molecular flexibility index (Phi) is 8.37. The first kappa shape index (κ1) is 20.9. The van der Waals surface area contributed by atoms with Crippen LogP contribution in [0.15, 0.2) is 24.3 Å². The normalized spacial score (nSPS) is 14.6. The lowest BCUT2D eigenvalue weighted by atomic mass is 10.00. The van der Waals surface area contributed by atoms with E-state index in [2.05, 4.69) is 5.32 Å². The van der Waals surface area contributed by atoms with Gasteiger partial charge in [-0.2, -0.15) is 0 Å². The smallest absolute Gasteiger partial charge is 0.326 e. The molecule has 1 amide bonds. The average Bonchev–Trinajstić information content (AvgIpc) is 2.54. The fourth-order valence-corrected chi connectivity index (χ4v) is 2.42. The van der Waals surface area contributed by atoms with Crippen LogP contribution in [0.4, 0.5) is 0 Å². The van der Waals surface area contributed by atoms with Crippen molar-refractivity contribution in [2.24, 2.45) is 11.7 Å². The number of aliphatic carboxylic acids is 1. The molecular formula is C18H28N2O5. The van der Waals surface area contributed by atoms with Gasteiger partial charge in [-0.25, -0.2) is 4.79 Å². The number of aliphatic hydroxyl groups excluding tert-OH is 1. The van der Waals surface area contributed by atoms with Crippen molar-refractivity contribution in [3.05, 3.63) is 29.8 Å². The van der Waals surface area contributed by atoms with Crippen LogP contribution in [0.3, 0.4) is 0 Å². The monoisotopic (exact) mass is 352 g/mol. The van der Waals surface area contributed by atoms with Crippen molar-refractivity contribution in [1.82, 2.24) is 5.32 Å². The van der Waals surface area contributed by atoms with E-state index in [0.717, 1.165) is 11.3 Å². The number of hydrogen-bond acceptors (Lipinski definition) is 5. The SMILES string of the molecule is CCOc1ccc(CC(N)C(O)C(=O)N[C@@H](CC(C)C)C(=O)O)cc1. The number of rotatable bonds is 10. The number of carboxylic acid groups (broad SMARTS) is 1. The highest BCUT2D eigenvalue weighted by Crippen LogP contribution is 2.14. The van der Waals surface area contributed by atoms with Crippen molar-refractivity contribution in [3.63, 3.8) is 0 Å². The molecule has 0 heterocycles. The van der Waals surface area contributed by atoms with Crippen LogP contribution < -0.4 is 15.8 Å². The molecule has 0 spiro atoms. The van der Waals surface area contributed by atoms with Gasteiger partial charge in [0.1, 0.15) is 17.9 Å². The van der Waals surface area contributed by atoms with Crippen molar-refractivity contribution in [2.45, 2.75) is 51.8 Å². The highest BCUT2D eigenvalue weighted by molar-refractivity contribution is 5.86. The minimum atomic E-state index is -1.49. The van der Waals surface area contributed by atoms with Crippen molar-refractivity contribution >= 4 is 11.9 Å². The molecule has 0 aliphatic heterocycles. The predicted octanol–water partition coefficient (Wildman–Crippen LogP) is 0.932. The van der Waals surface area contributed by atoms with E-state index in [0.29, 0.717) is 6.61 Å². The molecule has 0 fully saturated rings. The molecule has 5 N–H and O–H groups in total. The van der Waals surface area contributed by atoms with Gasteiger partial charge in [-0.05, 0) is 43.4 Å². The predicted molar refractivity (Wildman–Crippen MR) is 94.3 cm³/mol. The molecule has 2 unspecified atom stereocenters. The first-order valence-electron chi connectivity index (χ1n) is 8.43. The molecule has 1 rings (SSSR count). The third-order valence-electron chi connectivity index (χ3n) is 3.70. The standard InChI is InChI=1S/C18H28N2O5/c1-4-25-13-7-5-12(6-8-13)10-14(19)16(21)17(22)20-15(18(23)24)9-11(2)3/h5-8,11,14-16,21H,4,9-10,19H2,1-3H3,(H,20,22)(H,23,24)/t14?,15-,16?/m0/s1. The molecule has 1 aromatic rings. The first-order valence-corrected chi connectivity index (χ1v) is 8.43. The zero-order valence-electron chi connectivity index (χ0n) is 14.9. The van der Waals surface area contributed by atoms with E-state index in [-0.39, 0.29) is 18.8 Å². The summed E-state index contributed by atoms with van der Waals surface area (Å²) in [5.41, 5.74) is 6.76. The minimum absolute atomic E-state index is 0.0936. The lowest BCUT2D eigenvalue weighted by Crippen LogP contribution is -2.52. The van der Waals surface area contributed by atoms with Gasteiger partial charge in [0.25, 0.3) is 5.91 Å². The Morgan fingerprint density at radius 3 is 2.32 bits per heavy atom. The number of nitrogens with two attached hydrogens (primary N) is 1. The second-order valence-corrected chi connectivity index (χ2v) is 6.42. The number of nitrogens with one attached hydrogen (secondary N) is 1. The Hall–Kier alpha value is -2.12. The van der Waals surface area contributed by atoms with E-state index in [1.54, 1.807) is 12.1 Å². The molecule has 0 bridgehead atoms.